The molecule has 0 spiro atoms. The van der Waals surface area contributed by atoms with Gasteiger partial charge >= 0.3 is 0 Å². The Labute approximate surface area is 143 Å². The molecule has 0 bridgehead atoms. The number of carbonyl (C=O) groups is 1. The summed E-state index contributed by atoms with van der Waals surface area (Å²) in [4.78, 5) is 15.2. The molecule has 23 heavy (non-hydrogen) atoms. The molecule has 0 saturated heterocycles. The van der Waals surface area contributed by atoms with Crippen molar-refractivity contribution in [3.8, 4) is 0 Å². The molecule has 1 amide bonds. The van der Waals surface area contributed by atoms with Crippen molar-refractivity contribution < 1.29 is 4.79 Å². The van der Waals surface area contributed by atoms with Crippen LogP contribution in [0.3, 0.4) is 0 Å². The molecular weight excluding hydrogens is 308 g/mol. The number of aromatic nitrogens is 1. The summed E-state index contributed by atoms with van der Waals surface area (Å²) in [6.07, 6.45) is 10.2. The lowest BCUT2D eigenvalue weighted by atomic mass is 10.1. The van der Waals surface area contributed by atoms with Crippen LogP contribution in [0.15, 0.2) is 24.3 Å². The normalized spacial score (nSPS) is 11.0. The number of nitrogens with one attached hydrogen (secondary N) is 2. The van der Waals surface area contributed by atoms with Gasteiger partial charge in [0.1, 0.15) is 5.69 Å². The average molecular weight is 335 g/mol. The quantitative estimate of drug-likeness (QED) is 0.538. The van der Waals surface area contributed by atoms with Crippen molar-refractivity contribution >= 4 is 28.4 Å². The Morgan fingerprint density at radius 3 is 2.48 bits per heavy atom. The molecule has 1 aromatic heterocycles. The number of hydrogen-bond acceptors (Lipinski definition) is 1. The minimum absolute atomic E-state index is 0.0554. The van der Waals surface area contributed by atoms with E-state index in [9.17, 15) is 4.79 Å². The molecule has 3 nitrogen and oxygen atoms in total. The molecule has 0 aliphatic rings. The Kier molecular flexibility index (Phi) is 7.47. The van der Waals surface area contributed by atoms with E-state index in [1.54, 1.807) is 0 Å². The fourth-order valence-corrected chi connectivity index (χ4v) is 3.03. The first kappa shape index (κ1) is 17.9. The highest BCUT2D eigenvalue weighted by Gasteiger charge is 2.10. The molecule has 0 radical (unpaired) electrons. The summed E-state index contributed by atoms with van der Waals surface area (Å²) < 4.78 is 0. The van der Waals surface area contributed by atoms with E-state index in [1.165, 1.54) is 44.9 Å². The van der Waals surface area contributed by atoms with E-state index in [2.05, 4.69) is 17.2 Å². The van der Waals surface area contributed by atoms with Crippen LogP contribution in [0.5, 0.6) is 0 Å². The van der Waals surface area contributed by atoms with Gasteiger partial charge in [-0.05, 0) is 18.6 Å². The molecule has 0 aliphatic heterocycles. The van der Waals surface area contributed by atoms with Gasteiger partial charge < -0.3 is 10.3 Å². The van der Waals surface area contributed by atoms with Gasteiger partial charge in [0.15, 0.2) is 0 Å². The second-order valence-electron chi connectivity index (χ2n) is 6.12. The molecule has 1 aromatic carbocycles. The summed E-state index contributed by atoms with van der Waals surface area (Å²) in [5, 5.41) is 4.59. The molecule has 2 aromatic rings. The maximum Gasteiger partial charge on any atom is 0.267 e. The number of hydrogen-bond donors (Lipinski definition) is 2. The molecule has 0 saturated carbocycles. The molecule has 0 unspecified atom stereocenters. The van der Waals surface area contributed by atoms with Gasteiger partial charge in [-0.3, -0.25) is 4.79 Å². The Morgan fingerprint density at radius 2 is 1.78 bits per heavy atom. The highest BCUT2D eigenvalue weighted by atomic mass is 35.5. The van der Waals surface area contributed by atoms with Crippen LogP contribution in [-0.4, -0.2) is 17.4 Å². The van der Waals surface area contributed by atoms with Crippen molar-refractivity contribution in [2.75, 3.05) is 6.54 Å². The molecule has 0 fully saturated rings. The van der Waals surface area contributed by atoms with Crippen LogP contribution in [0.1, 0.15) is 68.8 Å². The topological polar surface area (TPSA) is 44.9 Å². The minimum atomic E-state index is -0.0554. The SMILES string of the molecule is CCCCCCCCCCNC(=O)c1cc2cccc(Cl)c2[nH]1. The van der Waals surface area contributed by atoms with Gasteiger partial charge in [0, 0.05) is 11.9 Å². The number of fused-ring (bicyclic) bond motifs is 1. The monoisotopic (exact) mass is 334 g/mol. The van der Waals surface area contributed by atoms with E-state index < -0.39 is 0 Å². The second-order valence-corrected chi connectivity index (χ2v) is 6.53. The zero-order valence-corrected chi connectivity index (χ0v) is 14.7. The minimum Gasteiger partial charge on any atom is -0.351 e. The van der Waals surface area contributed by atoms with Gasteiger partial charge in [-0.15, -0.1) is 0 Å². The first-order chi connectivity index (χ1) is 11.2. The highest BCUT2D eigenvalue weighted by molar-refractivity contribution is 6.35. The standard InChI is InChI=1S/C19H27ClN2O/c1-2-3-4-5-6-7-8-9-13-21-19(23)17-14-15-11-10-12-16(20)18(15)22-17/h10-12,14,22H,2-9,13H2,1H3,(H,21,23). The third-order valence-electron chi connectivity index (χ3n) is 4.17. The predicted octanol–water partition coefficient (Wildman–Crippen LogP) is 5.69. The maximum absolute atomic E-state index is 12.1. The van der Waals surface area contributed by atoms with Crippen molar-refractivity contribution in [1.82, 2.24) is 10.3 Å². The molecule has 4 heteroatoms. The summed E-state index contributed by atoms with van der Waals surface area (Å²) in [5.41, 5.74) is 1.40. The molecule has 1 heterocycles. The summed E-state index contributed by atoms with van der Waals surface area (Å²) >= 11 is 6.12. The number of para-hydroxylation sites is 1. The summed E-state index contributed by atoms with van der Waals surface area (Å²) in [5.74, 6) is -0.0554. The van der Waals surface area contributed by atoms with Gasteiger partial charge in [-0.1, -0.05) is 75.6 Å². The van der Waals surface area contributed by atoms with Crippen LogP contribution >= 0.6 is 11.6 Å². The van der Waals surface area contributed by atoms with E-state index in [-0.39, 0.29) is 5.91 Å². The molecule has 0 atom stereocenters. The Balaban J connectivity index is 1.65. The van der Waals surface area contributed by atoms with Crippen LogP contribution in [0, 0.1) is 0 Å². The van der Waals surface area contributed by atoms with Gasteiger partial charge in [-0.2, -0.15) is 0 Å². The van der Waals surface area contributed by atoms with E-state index in [0.717, 1.165) is 23.9 Å². The Hall–Kier alpha value is -1.48. The van der Waals surface area contributed by atoms with E-state index in [4.69, 9.17) is 11.6 Å². The number of aromatic amines is 1. The molecule has 2 rings (SSSR count). The lowest BCUT2D eigenvalue weighted by molar-refractivity contribution is 0.0949. The van der Waals surface area contributed by atoms with Crippen LogP contribution < -0.4 is 5.32 Å². The van der Waals surface area contributed by atoms with E-state index in [0.29, 0.717) is 10.7 Å². The first-order valence-electron chi connectivity index (χ1n) is 8.78. The van der Waals surface area contributed by atoms with Crippen LogP contribution in [0.2, 0.25) is 5.02 Å². The first-order valence-corrected chi connectivity index (χ1v) is 9.15. The molecule has 126 valence electrons. The van der Waals surface area contributed by atoms with E-state index in [1.807, 2.05) is 24.3 Å². The molecule has 0 aliphatic carbocycles. The summed E-state index contributed by atoms with van der Waals surface area (Å²) in [6.45, 7) is 2.97. The molecular formula is C19H27ClN2O. The lowest BCUT2D eigenvalue weighted by Gasteiger charge is -2.04. The maximum atomic E-state index is 12.1. The van der Waals surface area contributed by atoms with Gasteiger partial charge in [-0.25, -0.2) is 0 Å². The van der Waals surface area contributed by atoms with Crippen LogP contribution in [0.25, 0.3) is 10.9 Å². The van der Waals surface area contributed by atoms with Gasteiger partial charge in [0.05, 0.1) is 10.5 Å². The van der Waals surface area contributed by atoms with Gasteiger partial charge in [0.2, 0.25) is 0 Å². The summed E-state index contributed by atoms with van der Waals surface area (Å²) in [7, 11) is 0. The largest absolute Gasteiger partial charge is 0.351 e. The number of benzene rings is 1. The van der Waals surface area contributed by atoms with Crippen molar-refractivity contribution in [3.05, 3.63) is 35.0 Å². The summed E-state index contributed by atoms with van der Waals surface area (Å²) in [6, 6.07) is 7.51. The zero-order valence-electron chi connectivity index (χ0n) is 14.0. The smallest absolute Gasteiger partial charge is 0.267 e. The third-order valence-corrected chi connectivity index (χ3v) is 4.48. The van der Waals surface area contributed by atoms with Crippen LogP contribution in [-0.2, 0) is 0 Å². The number of carbonyl (C=O) groups excluding carboxylic acids is 1. The van der Waals surface area contributed by atoms with Crippen molar-refractivity contribution in [2.24, 2.45) is 0 Å². The van der Waals surface area contributed by atoms with Crippen molar-refractivity contribution in [3.63, 3.8) is 0 Å². The highest BCUT2D eigenvalue weighted by Crippen LogP contribution is 2.23. The number of H-pyrrole nitrogens is 1. The number of rotatable bonds is 10. The third kappa shape index (κ3) is 5.58. The van der Waals surface area contributed by atoms with Crippen molar-refractivity contribution in [1.29, 1.82) is 0 Å². The molecule has 2 N–H and O–H groups in total. The number of halogens is 1. The fraction of sp³-hybridized carbons (Fsp3) is 0.526. The fourth-order valence-electron chi connectivity index (χ4n) is 2.80. The van der Waals surface area contributed by atoms with Crippen LogP contribution in [0.4, 0.5) is 0 Å². The second kappa shape index (κ2) is 9.61. The Bertz CT molecular complexity index is 621. The van der Waals surface area contributed by atoms with Crippen molar-refractivity contribution in [2.45, 2.75) is 58.3 Å². The average Bonchev–Trinajstić information content (AvgIpc) is 2.99. The Morgan fingerprint density at radius 1 is 1.09 bits per heavy atom. The van der Waals surface area contributed by atoms with Gasteiger partial charge in [0.25, 0.3) is 5.91 Å². The van der Waals surface area contributed by atoms with E-state index >= 15 is 0 Å². The predicted molar refractivity (Wildman–Crippen MR) is 98.3 cm³/mol. The lowest BCUT2D eigenvalue weighted by Crippen LogP contribution is -2.24. The number of unbranched alkanes of at least 4 members (excludes halogenated alkanes) is 7. The zero-order chi connectivity index (χ0) is 16.5. The number of amides is 1.